The molecule has 0 radical (unpaired) electrons. The fraction of sp³-hybridized carbons (Fsp3) is 0.550. The molecule has 3 atom stereocenters. The molecule has 9 heteroatoms. The number of carbonyl (C=O) groups is 2. The quantitative estimate of drug-likeness (QED) is 0.615. The van der Waals surface area contributed by atoms with Crippen LogP contribution in [-0.4, -0.2) is 77.9 Å². The normalized spacial score (nSPS) is 23.7. The number of nitrogens with one attached hydrogen (secondary N) is 2. The zero-order chi connectivity index (χ0) is 21.1. The van der Waals surface area contributed by atoms with Gasteiger partial charge in [-0.3, -0.25) is 15.1 Å². The molecule has 0 saturated carbocycles. The van der Waals surface area contributed by atoms with Gasteiger partial charge in [0, 0.05) is 13.6 Å². The Balaban J connectivity index is 1.70. The number of aliphatic hydroxyl groups excluding tert-OH is 1. The minimum absolute atomic E-state index is 0.0772. The molecule has 29 heavy (non-hydrogen) atoms. The van der Waals surface area contributed by atoms with Crippen molar-refractivity contribution in [3.05, 3.63) is 29.3 Å². The van der Waals surface area contributed by atoms with E-state index in [1.54, 1.807) is 11.9 Å². The van der Waals surface area contributed by atoms with Crippen molar-refractivity contribution in [1.29, 1.82) is 0 Å². The molecule has 2 aliphatic heterocycles. The highest BCUT2D eigenvalue weighted by molar-refractivity contribution is 6.04. The molecule has 2 aliphatic rings. The van der Waals surface area contributed by atoms with Crippen molar-refractivity contribution in [1.82, 2.24) is 20.4 Å². The van der Waals surface area contributed by atoms with E-state index >= 15 is 0 Å². The lowest BCUT2D eigenvalue weighted by Gasteiger charge is -2.35. The van der Waals surface area contributed by atoms with Crippen LogP contribution in [0.3, 0.4) is 0 Å². The van der Waals surface area contributed by atoms with E-state index in [1.807, 2.05) is 39.0 Å². The first-order valence-corrected chi connectivity index (χ1v) is 9.85. The summed E-state index contributed by atoms with van der Waals surface area (Å²) in [4.78, 5) is 32.1. The number of benzene rings is 1. The fourth-order valence-corrected chi connectivity index (χ4v) is 3.41. The molecule has 1 aromatic carbocycles. The van der Waals surface area contributed by atoms with Crippen LogP contribution in [0.1, 0.15) is 24.5 Å². The maximum absolute atomic E-state index is 12.5. The number of imide groups is 1. The van der Waals surface area contributed by atoms with E-state index in [4.69, 9.17) is 4.74 Å². The summed E-state index contributed by atoms with van der Waals surface area (Å²) < 4.78 is 5.73. The molecule has 2 saturated heterocycles. The largest absolute Gasteiger partial charge is 0.491 e. The Hall–Kier alpha value is -2.81. The van der Waals surface area contributed by atoms with Crippen LogP contribution in [-0.2, 0) is 4.79 Å². The molecule has 2 fully saturated rings. The molecule has 158 valence electrons. The number of rotatable bonds is 7. The van der Waals surface area contributed by atoms with Crippen LogP contribution in [0.25, 0.3) is 0 Å². The third kappa shape index (κ3) is 4.45. The van der Waals surface area contributed by atoms with E-state index < -0.39 is 30.2 Å². The maximum atomic E-state index is 12.5. The van der Waals surface area contributed by atoms with Gasteiger partial charge in [-0.25, -0.2) is 4.79 Å². The zero-order valence-corrected chi connectivity index (χ0v) is 17.3. The van der Waals surface area contributed by atoms with Crippen molar-refractivity contribution in [3.63, 3.8) is 0 Å². The molecular formula is C20H29N5O4. The number of nitrogens with zero attached hydrogens (tertiary/aromatic N) is 3. The van der Waals surface area contributed by atoms with Gasteiger partial charge in [-0.1, -0.05) is 13.0 Å². The number of likely N-dealkylation sites (N-methyl/N-ethyl adjacent to an activating group) is 1. The van der Waals surface area contributed by atoms with Gasteiger partial charge in [-0.2, -0.15) is 0 Å². The van der Waals surface area contributed by atoms with Crippen LogP contribution in [0, 0.1) is 13.8 Å². The van der Waals surface area contributed by atoms with Gasteiger partial charge in [0.25, 0.3) is 5.91 Å². The van der Waals surface area contributed by atoms with Crippen LogP contribution in [0.15, 0.2) is 23.2 Å². The Morgan fingerprint density at radius 3 is 2.72 bits per heavy atom. The van der Waals surface area contributed by atoms with Gasteiger partial charge in [-0.15, -0.1) is 0 Å². The van der Waals surface area contributed by atoms with Crippen LogP contribution in [0.4, 0.5) is 4.79 Å². The molecule has 0 aromatic heterocycles. The van der Waals surface area contributed by atoms with Gasteiger partial charge in [0.15, 0.2) is 12.0 Å². The lowest BCUT2D eigenvalue weighted by molar-refractivity contribution is -0.127. The van der Waals surface area contributed by atoms with Crippen LogP contribution in [0.5, 0.6) is 5.75 Å². The van der Waals surface area contributed by atoms with E-state index in [9.17, 15) is 14.7 Å². The molecule has 3 unspecified atom stereocenters. The number of ether oxygens (including phenoxy) is 1. The second-order valence-corrected chi connectivity index (χ2v) is 7.51. The second-order valence-electron chi connectivity index (χ2n) is 7.51. The summed E-state index contributed by atoms with van der Waals surface area (Å²) in [6.45, 7) is 6.84. The predicted molar refractivity (Wildman–Crippen MR) is 109 cm³/mol. The first-order valence-electron chi connectivity index (χ1n) is 9.85. The number of fused-ring (bicyclic) bond motifs is 1. The SMILES string of the molecule is CCCN=C1NC2C(C(=O)NC(=O)N2C)N1CC(O)COc1ccc(C)c(C)c1. The molecule has 0 aliphatic carbocycles. The topological polar surface area (TPSA) is 106 Å². The minimum Gasteiger partial charge on any atom is -0.491 e. The molecular weight excluding hydrogens is 374 g/mol. The number of aryl methyl sites for hydroxylation is 2. The number of urea groups is 1. The molecule has 2 heterocycles. The highest BCUT2D eigenvalue weighted by atomic mass is 16.5. The van der Waals surface area contributed by atoms with Gasteiger partial charge in [0.05, 0.1) is 6.54 Å². The number of hydrogen-bond donors (Lipinski definition) is 3. The third-order valence-corrected chi connectivity index (χ3v) is 5.23. The number of amides is 3. The van der Waals surface area contributed by atoms with Gasteiger partial charge in [0.1, 0.15) is 24.6 Å². The van der Waals surface area contributed by atoms with Gasteiger partial charge < -0.3 is 25.0 Å². The van der Waals surface area contributed by atoms with Crippen molar-refractivity contribution >= 4 is 17.9 Å². The average molecular weight is 403 g/mol. The molecule has 9 nitrogen and oxygen atoms in total. The second kappa shape index (κ2) is 8.69. The third-order valence-electron chi connectivity index (χ3n) is 5.23. The average Bonchev–Trinajstić information content (AvgIpc) is 3.04. The van der Waals surface area contributed by atoms with E-state index in [-0.39, 0.29) is 13.2 Å². The number of β-amino-alcohol motifs (C(OH)–C–C–N with tert-alkyl or cyclic N) is 1. The summed E-state index contributed by atoms with van der Waals surface area (Å²) in [5.41, 5.74) is 2.29. The summed E-state index contributed by atoms with van der Waals surface area (Å²) in [6.07, 6.45) is -0.534. The standard InChI is InChI=1S/C20H29N5O4/c1-5-8-21-19-22-17-16(18(27)23-20(28)24(17)4)25(19)10-14(26)11-29-15-7-6-12(2)13(3)9-15/h6-7,9,14,16-17,26H,5,8,10-11H2,1-4H3,(H,21,22)(H,23,27,28). The fourth-order valence-electron chi connectivity index (χ4n) is 3.41. The van der Waals surface area contributed by atoms with Crippen LogP contribution >= 0.6 is 0 Å². The summed E-state index contributed by atoms with van der Waals surface area (Å²) >= 11 is 0. The van der Waals surface area contributed by atoms with Crippen molar-refractivity contribution in [2.75, 3.05) is 26.7 Å². The first kappa shape index (κ1) is 20.9. The van der Waals surface area contributed by atoms with E-state index in [0.717, 1.165) is 12.0 Å². The Bertz CT molecular complexity index is 812. The molecule has 3 amide bonds. The Kier molecular flexibility index (Phi) is 6.26. The maximum Gasteiger partial charge on any atom is 0.325 e. The lowest BCUT2D eigenvalue weighted by Crippen LogP contribution is -2.65. The molecule has 3 N–H and O–H groups in total. The smallest absolute Gasteiger partial charge is 0.325 e. The molecule has 3 rings (SSSR count). The monoisotopic (exact) mass is 403 g/mol. The van der Waals surface area contributed by atoms with Gasteiger partial charge >= 0.3 is 6.03 Å². The highest BCUT2D eigenvalue weighted by Crippen LogP contribution is 2.21. The summed E-state index contributed by atoms with van der Waals surface area (Å²) in [6, 6.07) is 4.65. The molecule has 1 aromatic rings. The summed E-state index contributed by atoms with van der Waals surface area (Å²) in [7, 11) is 1.62. The van der Waals surface area contributed by atoms with Crippen LogP contribution in [0.2, 0.25) is 0 Å². The van der Waals surface area contributed by atoms with E-state index in [2.05, 4.69) is 15.6 Å². The number of hydrogen-bond acceptors (Lipinski definition) is 5. The molecule has 0 bridgehead atoms. The zero-order valence-electron chi connectivity index (χ0n) is 17.3. The number of aliphatic hydroxyl groups is 1. The van der Waals surface area contributed by atoms with Crippen molar-refractivity contribution in [3.8, 4) is 5.75 Å². The Morgan fingerprint density at radius 2 is 2.03 bits per heavy atom. The molecule has 0 spiro atoms. The number of aliphatic imine (C=N–C) groups is 1. The Labute approximate surface area is 170 Å². The van der Waals surface area contributed by atoms with Gasteiger partial charge in [0.2, 0.25) is 0 Å². The highest BCUT2D eigenvalue weighted by Gasteiger charge is 2.50. The van der Waals surface area contributed by atoms with Crippen molar-refractivity contribution < 1.29 is 19.4 Å². The summed E-state index contributed by atoms with van der Waals surface area (Å²) in [5.74, 6) is 0.781. The van der Waals surface area contributed by atoms with E-state index in [0.29, 0.717) is 18.3 Å². The van der Waals surface area contributed by atoms with Crippen LogP contribution < -0.4 is 15.4 Å². The summed E-state index contributed by atoms with van der Waals surface area (Å²) in [5, 5.41) is 16.1. The Morgan fingerprint density at radius 1 is 1.28 bits per heavy atom. The minimum atomic E-state index is -0.847. The predicted octanol–water partition coefficient (Wildman–Crippen LogP) is 0.591. The van der Waals surface area contributed by atoms with E-state index in [1.165, 1.54) is 10.5 Å². The number of guanidine groups is 1. The number of carbonyl (C=O) groups excluding carboxylic acids is 2. The van der Waals surface area contributed by atoms with Crippen molar-refractivity contribution in [2.24, 2.45) is 4.99 Å². The lowest BCUT2D eigenvalue weighted by atomic mass is 10.1. The van der Waals surface area contributed by atoms with Crippen molar-refractivity contribution in [2.45, 2.75) is 45.5 Å². The first-order chi connectivity index (χ1) is 13.8. The van der Waals surface area contributed by atoms with Gasteiger partial charge in [-0.05, 0) is 43.5 Å².